The number of rotatable bonds is 3. The fourth-order valence-electron chi connectivity index (χ4n) is 2.13. The summed E-state index contributed by atoms with van der Waals surface area (Å²) in [6.07, 6.45) is 2.59. The number of benzene rings is 1. The molecule has 1 aromatic carbocycles. The van der Waals surface area contributed by atoms with Crippen LogP contribution in [-0.2, 0) is 9.63 Å². The van der Waals surface area contributed by atoms with Gasteiger partial charge in [-0.3, -0.25) is 14.4 Å². The van der Waals surface area contributed by atoms with E-state index >= 15 is 0 Å². The zero-order chi connectivity index (χ0) is 13.8. The second-order valence-electron chi connectivity index (χ2n) is 4.53. The largest absolute Gasteiger partial charge is 0.312 e. The molecule has 0 bridgehead atoms. The Labute approximate surface area is 112 Å². The molecule has 2 rings (SSSR count). The van der Waals surface area contributed by atoms with Crippen LogP contribution < -0.4 is 4.90 Å². The molecule has 5 nitrogen and oxygen atoms in total. The summed E-state index contributed by atoms with van der Waals surface area (Å²) in [7, 11) is 3.00. The van der Waals surface area contributed by atoms with Gasteiger partial charge in [0.2, 0.25) is 5.91 Å². The number of hydrogen-bond acceptors (Lipinski definition) is 3. The molecular weight excluding hydrogens is 244 g/mol. The molecule has 0 N–H and O–H groups in total. The number of nitrogens with zero attached hydrogens (tertiary/aromatic N) is 2. The molecular formula is C14H18N2O3. The van der Waals surface area contributed by atoms with Gasteiger partial charge in [0.05, 0.1) is 7.11 Å². The lowest BCUT2D eigenvalue weighted by Gasteiger charge is -2.27. The quantitative estimate of drug-likeness (QED) is 0.781. The van der Waals surface area contributed by atoms with Crippen molar-refractivity contribution in [2.45, 2.75) is 19.3 Å². The molecule has 0 atom stereocenters. The summed E-state index contributed by atoms with van der Waals surface area (Å²) < 4.78 is 0. The summed E-state index contributed by atoms with van der Waals surface area (Å²) in [4.78, 5) is 30.3. The Balaban J connectivity index is 2.14. The smallest absolute Gasteiger partial charge is 0.277 e. The first-order chi connectivity index (χ1) is 9.13. The molecule has 1 saturated heterocycles. The standard InChI is InChI=1S/C14H18N2O3/c1-15(19-2)14(18)11-6-8-12(9-7-11)16-10-4-3-5-13(16)17/h6-9H,3-5,10H2,1-2H3. The van der Waals surface area contributed by atoms with Crippen LogP contribution in [-0.4, -0.2) is 37.6 Å². The number of amides is 2. The molecule has 1 aliphatic rings. The number of hydroxylamine groups is 2. The van der Waals surface area contributed by atoms with Crippen molar-refractivity contribution in [1.82, 2.24) is 5.06 Å². The van der Waals surface area contributed by atoms with Gasteiger partial charge in [0.25, 0.3) is 5.91 Å². The van der Waals surface area contributed by atoms with Crippen LogP contribution >= 0.6 is 0 Å². The number of piperidine rings is 1. The first-order valence-corrected chi connectivity index (χ1v) is 6.36. The summed E-state index contributed by atoms with van der Waals surface area (Å²) in [5.41, 5.74) is 1.39. The van der Waals surface area contributed by atoms with Crippen LogP contribution in [0, 0.1) is 0 Å². The fraction of sp³-hybridized carbons (Fsp3) is 0.429. The Kier molecular flexibility index (Phi) is 4.16. The van der Waals surface area contributed by atoms with Crippen LogP contribution in [0.3, 0.4) is 0 Å². The molecule has 5 heteroatoms. The van der Waals surface area contributed by atoms with E-state index in [1.165, 1.54) is 12.2 Å². The minimum Gasteiger partial charge on any atom is -0.312 e. The van der Waals surface area contributed by atoms with Gasteiger partial charge in [0.15, 0.2) is 0 Å². The maximum atomic E-state index is 11.8. The highest BCUT2D eigenvalue weighted by atomic mass is 16.7. The Morgan fingerprint density at radius 3 is 2.53 bits per heavy atom. The van der Waals surface area contributed by atoms with Gasteiger partial charge in [0, 0.05) is 31.3 Å². The third-order valence-corrected chi connectivity index (χ3v) is 3.31. The average Bonchev–Trinajstić information content (AvgIpc) is 2.46. The van der Waals surface area contributed by atoms with Gasteiger partial charge in [0.1, 0.15) is 0 Å². The normalized spacial score (nSPS) is 15.5. The first-order valence-electron chi connectivity index (χ1n) is 6.36. The van der Waals surface area contributed by atoms with Gasteiger partial charge < -0.3 is 4.90 Å². The second-order valence-corrected chi connectivity index (χ2v) is 4.53. The lowest BCUT2D eigenvalue weighted by atomic mass is 10.1. The van der Waals surface area contributed by atoms with Crippen molar-refractivity contribution >= 4 is 17.5 Å². The predicted molar refractivity (Wildman–Crippen MR) is 71.7 cm³/mol. The highest BCUT2D eigenvalue weighted by Gasteiger charge is 2.20. The number of carbonyl (C=O) groups is 2. The number of anilines is 1. The molecule has 0 spiro atoms. The summed E-state index contributed by atoms with van der Waals surface area (Å²) in [6, 6.07) is 7.05. The van der Waals surface area contributed by atoms with Crippen molar-refractivity contribution in [3.63, 3.8) is 0 Å². The maximum Gasteiger partial charge on any atom is 0.277 e. The lowest BCUT2D eigenvalue weighted by molar-refractivity contribution is -0.119. The zero-order valence-corrected chi connectivity index (χ0v) is 11.3. The molecule has 2 amide bonds. The molecule has 0 radical (unpaired) electrons. The highest BCUT2D eigenvalue weighted by molar-refractivity contribution is 5.96. The molecule has 1 fully saturated rings. The van der Waals surface area contributed by atoms with Crippen LogP contribution in [0.4, 0.5) is 5.69 Å². The van der Waals surface area contributed by atoms with Crippen molar-refractivity contribution in [2.24, 2.45) is 0 Å². The maximum absolute atomic E-state index is 11.8. The van der Waals surface area contributed by atoms with Gasteiger partial charge in [-0.15, -0.1) is 0 Å². The van der Waals surface area contributed by atoms with E-state index in [1.807, 2.05) is 0 Å². The van der Waals surface area contributed by atoms with E-state index in [-0.39, 0.29) is 11.8 Å². The molecule has 19 heavy (non-hydrogen) atoms. The molecule has 1 aromatic rings. The van der Waals surface area contributed by atoms with E-state index in [2.05, 4.69) is 0 Å². The molecule has 1 aliphatic heterocycles. The van der Waals surface area contributed by atoms with Crippen molar-refractivity contribution in [3.8, 4) is 0 Å². The molecule has 1 heterocycles. The first kappa shape index (κ1) is 13.5. The van der Waals surface area contributed by atoms with Crippen LogP contribution in [0.5, 0.6) is 0 Å². The van der Waals surface area contributed by atoms with Gasteiger partial charge in [-0.2, -0.15) is 0 Å². The fourth-order valence-corrected chi connectivity index (χ4v) is 2.13. The van der Waals surface area contributed by atoms with Gasteiger partial charge in [-0.05, 0) is 37.1 Å². The van der Waals surface area contributed by atoms with Crippen LogP contribution in [0.1, 0.15) is 29.6 Å². The van der Waals surface area contributed by atoms with Crippen LogP contribution in [0.15, 0.2) is 24.3 Å². The van der Waals surface area contributed by atoms with E-state index in [1.54, 1.807) is 36.2 Å². The molecule has 0 aliphatic carbocycles. The Morgan fingerprint density at radius 1 is 1.26 bits per heavy atom. The van der Waals surface area contributed by atoms with E-state index in [0.717, 1.165) is 25.1 Å². The van der Waals surface area contributed by atoms with Crippen molar-refractivity contribution in [1.29, 1.82) is 0 Å². The van der Waals surface area contributed by atoms with E-state index in [4.69, 9.17) is 4.84 Å². The third kappa shape index (κ3) is 2.93. The highest BCUT2D eigenvalue weighted by Crippen LogP contribution is 2.21. The van der Waals surface area contributed by atoms with Crippen molar-refractivity contribution in [2.75, 3.05) is 25.6 Å². The Morgan fingerprint density at radius 2 is 1.95 bits per heavy atom. The summed E-state index contributed by atoms with van der Waals surface area (Å²) in [5, 5.41) is 1.17. The van der Waals surface area contributed by atoms with Crippen molar-refractivity contribution in [3.05, 3.63) is 29.8 Å². The monoisotopic (exact) mass is 262 g/mol. The summed E-state index contributed by atoms with van der Waals surface area (Å²) in [6.45, 7) is 0.754. The molecule has 0 aromatic heterocycles. The number of carbonyl (C=O) groups excluding carboxylic acids is 2. The van der Waals surface area contributed by atoms with Gasteiger partial charge in [-0.25, -0.2) is 5.06 Å². The Hall–Kier alpha value is -1.88. The van der Waals surface area contributed by atoms with Crippen molar-refractivity contribution < 1.29 is 14.4 Å². The summed E-state index contributed by atoms with van der Waals surface area (Å²) >= 11 is 0. The van der Waals surface area contributed by atoms with Gasteiger partial charge >= 0.3 is 0 Å². The van der Waals surface area contributed by atoms with E-state index < -0.39 is 0 Å². The zero-order valence-electron chi connectivity index (χ0n) is 11.3. The SMILES string of the molecule is CON(C)C(=O)c1ccc(N2CCCCC2=O)cc1. The third-order valence-electron chi connectivity index (χ3n) is 3.31. The molecule has 0 saturated carbocycles. The number of hydrogen-bond donors (Lipinski definition) is 0. The minimum absolute atomic E-state index is 0.152. The van der Waals surface area contributed by atoms with E-state index in [0.29, 0.717) is 12.0 Å². The van der Waals surface area contributed by atoms with Gasteiger partial charge in [-0.1, -0.05) is 0 Å². The van der Waals surface area contributed by atoms with Crippen LogP contribution in [0.2, 0.25) is 0 Å². The second kappa shape index (κ2) is 5.84. The topological polar surface area (TPSA) is 49.9 Å². The molecule has 0 unspecified atom stereocenters. The average molecular weight is 262 g/mol. The lowest BCUT2D eigenvalue weighted by Crippen LogP contribution is -2.35. The minimum atomic E-state index is -0.209. The van der Waals surface area contributed by atoms with Crippen LogP contribution in [0.25, 0.3) is 0 Å². The van der Waals surface area contributed by atoms with E-state index in [9.17, 15) is 9.59 Å². The molecule has 102 valence electrons. The Bertz CT molecular complexity index is 470. The summed E-state index contributed by atoms with van der Waals surface area (Å²) in [5.74, 6) is -0.0571. The predicted octanol–water partition coefficient (Wildman–Crippen LogP) is 1.84.